The first-order chi connectivity index (χ1) is 20.5. The van der Waals surface area contributed by atoms with Crippen molar-refractivity contribution in [2.75, 3.05) is 13.1 Å². The molecule has 3 unspecified atom stereocenters. The Labute approximate surface area is 251 Å². The molecule has 3 aromatic rings. The number of aliphatic hydroxyl groups excluding tert-OH is 1. The number of likely N-dealkylation sites (tertiary alicyclic amines) is 1. The summed E-state index contributed by atoms with van der Waals surface area (Å²) < 4.78 is 39.2. The van der Waals surface area contributed by atoms with Crippen LogP contribution in [0.15, 0.2) is 78.9 Å². The molecule has 6 nitrogen and oxygen atoms in total. The molecule has 3 aromatic carbocycles. The van der Waals surface area contributed by atoms with Crippen LogP contribution >= 0.6 is 0 Å². The quantitative estimate of drug-likeness (QED) is 0.246. The van der Waals surface area contributed by atoms with E-state index < -0.39 is 29.8 Å². The van der Waals surface area contributed by atoms with Gasteiger partial charge in [-0.15, -0.1) is 0 Å². The SMILES string of the molecule is CC(C)CC1CCCN1C(=O)c1cccc(C(=O)NC(Cc2ccccc2)C(O)CNCc2cccc(C(F)(F)F)c2)c1. The largest absolute Gasteiger partial charge is 0.416 e. The number of benzene rings is 3. The molecule has 1 heterocycles. The Balaban J connectivity index is 1.44. The molecule has 0 saturated carbocycles. The van der Waals surface area contributed by atoms with Gasteiger partial charge >= 0.3 is 6.18 Å². The van der Waals surface area contributed by atoms with Crippen LogP contribution in [0.4, 0.5) is 13.2 Å². The first-order valence-corrected chi connectivity index (χ1v) is 14.8. The molecule has 0 bridgehead atoms. The lowest BCUT2D eigenvalue weighted by molar-refractivity contribution is -0.137. The van der Waals surface area contributed by atoms with Crippen LogP contribution in [0.2, 0.25) is 0 Å². The maximum atomic E-state index is 13.4. The van der Waals surface area contributed by atoms with Crippen molar-refractivity contribution in [3.63, 3.8) is 0 Å². The summed E-state index contributed by atoms with van der Waals surface area (Å²) in [6, 6.07) is 20.6. The summed E-state index contributed by atoms with van der Waals surface area (Å²) in [5.41, 5.74) is 1.36. The second kappa shape index (κ2) is 14.7. The highest BCUT2D eigenvalue weighted by molar-refractivity contribution is 6.00. The van der Waals surface area contributed by atoms with Crippen molar-refractivity contribution in [3.05, 3.63) is 107 Å². The van der Waals surface area contributed by atoms with Crippen molar-refractivity contribution in [1.82, 2.24) is 15.5 Å². The summed E-state index contributed by atoms with van der Waals surface area (Å²) in [6.07, 6.45) is -2.27. The second-order valence-corrected chi connectivity index (χ2v) is 11.7. The first-order valence-electron chi connectivity index (χ1n) is 14.8. The molecule has 0 spiro atoms. The second-order valence-electron chi connectivity index (χ2n) is 11.7. The predicted molar refractivity (Wildman–Crippen MR) is 161 cm³/mol. The summed E-state index contributed by atoms with van der Waals surface area (Å²) in [4.78, 5) is 28.7. The maximum Gasteiger partial charge on any atom is 0.416 e. The average Bonchev–Trinajstić information content (AvgIpc) is 3.44. The van der Waals surface area contributed by atoms with Gasteiger partial charge in [0.2, 0.25) is 0 Å². The molecule has 1 saturated heterocycles. The van der Waals surface area contributed by atoms with Gasteiger partial charge in [-0.05, 0) is 67.0 Å². The third-order valence-electron chi connectivity index (χ3n) is 7.77. The van der Waals surface area contributed by atoms with Gasteiger partial charge in [-0.3, -0.25) is 9.59 Å². The molecule has 3 atom stereocenters. The third-order valence-corrected chi connectivity index (χ3v) is 7.77. The van der Waals surface area contributed by atoms with Crippen molar-refractivity contribution in [3.8, 4) is 0 Å². The number of aliphatic hydroxyl groups is 1. The van der Waals surface area contributed by atoms with Crippen LogP contribution in [-0.4, -0.2) is 53.1 Å². The van der Waals surface area contributed by atoms with E-state index in [0.717, 1.165) is 37.0 Å². The lowest BCUT2D eigenvalue weighted by Gasteiger charge is -2.27. The average molecular weight is 596 g/mol. The van der Waals surface area contributed by atoms with E-state index >= 15 is 0 Å². The Hall–Kier alpha value is -3.69. The van der Waals surface area contributed by atoms with Gasteiger partial charge in [0.15, 0.2) is 0 Å². The van der Waals surface area contributed by atoms with Gasteiger partial charge in [-0.1, -0.05) is 68.4 Å². The van der Waals surface area contributed by atoms with E-state index in [1.54, 1.807) is 30.3 Å². The summed E-state index contributed by atoms with van der Waals surface area (Å²) in [5.74, 6) is -0.0341. The van der Waals surface area contributed by atoms with Crippen molar-refractivity contribution in [2.24, 2.45) is 5.92 Å². The zero-order valence-corrected chi connectivity index (χ0v) is 24.6. The Kier molecular flexibility index (Phi) is 11.0. The number of alkyl halides is 3. The molecular weight excluding hydrogens is 555 g/mol. The van der Waals surface area contributed by atoms with Gasteiger partial charge in [0, 0.05) is 36.8 Å². The highest BCUT2D eigenvalue weighted by atomic mass is 19.4. The van der Waals surface area contributed by atoms with E-state index in [1.165, 1.54) is 6.07 Å². The van der Waals surface area contributed by atoms with Crippen molar-refractivity contribution in [1.29, 1.82) is 0 Å². The fraction of sp³-hybridized carbons (Fsp3) is 0.412. The predicted octanol–water partition coefficient (Wildman–Crippen LogP) is 5.85. The van der Waals surface area contributed by atoms with Crippen LogP contribution in [-0.2, 0) is 19.1 Å². The minimum absolute atomic E-state index is 0.0404. The van der Waals surface area contributed by atoms with Crippen LogP contribution in [0, 0.1) is 5.92 Å². The van der Waals surface area contributed by atoms with E-state index in [9.17, 15) is 27.9 Å². The lowest BCUT2D eigenvalue weighted by atomic mass is 9.99. The zero-order valence-electron chi connectivity index (χ0n) is 24.6. The number of amides is 2. The molecular formula is C34H40F3N3O3. The summed E-state index contributed by atoms with van der Waals surface area (Å²) in [6.45, 7) is 5.15. The van der Waals surface area contributed by atoms with Gasteiger partial charge in [0.05, 0.1) is 17.7 Å². The Morgan fingerprint density at radius 3 is 2.37 bits per heavy atom. The number of nitrogens with zero attached hydrogens (tertiary/aromatic N) is 1. The molecule has 4 rings (SSSR count). The lowest BCUT2D eigenvalue weighted by Crippen LogP contribution is -2.48. The number of hydrogen-bond acceptors (Lipinski definition) is 4. The number of hydrogen-bond donors (Lipinski definition) is 3. The smallest absolute Gasteiger partial charge is 0.390 e. The van der Waals surface area contributed by atoms with Crippen LogP contribution in [0.5, 0.6) is 0 Å². The van der Waals surface area contributed by atoms with Crippen LogP contribution < -0.4 is 10.6 Å². The van der Waals surface area contributed by atoms with Gasteiger partial charge in [-0.25, -0.2) is 0 Å². The van der Waals surface area contributed by atoms with Gasteiger partial charge in [0.1, 0.15) is 0 Å². The summed E-state index contributed by atoms with van der Waals surface area (Å²) in [5, 5.41) is 17.0. The molecule has 1 aliphatic rings. The van der Waals surface area contributed by atoms with Gasteiger partial charge in [0.25, 0.3) is 11.8 Å². The number of nitrogens with one attached hydrogen (secondary N) is 2. The minimum atomic E-state index is -4.44. The van der Waals surface area contributed by atoms with E-state index in [2.05, 4.69) is 24.5 Å². The van der Waals surface area contributed by atoms with Crippen LogP contribution in [0.1, 0.15) is 70.5 Å². The fourth-order valence-corrected chi connectivity index (χ4v) is 5.62. The molecule has 43 heavy (non-hydrogen) atoms. The van der Waals surface area contributed by atoms with E-state index in [1.807, 2.05) is 35.2 Å². The van der Waals surface area contributed by atoms with Crippen LogP contribution in [0.25, 0.3) is 0 Å². The molecule has 9 heteroatoms. The zero-order chi connectivity index (χ0) is 31.0. The Morgan fingerprint density at radius 1 is 0.953 bits per heavy atom. The third kappa shape index (κ3) is 9.15. The molecule has 0 radical (unpaired) electrons. The molecule has 3 N–H and O–H groups in total. The molecule has 0 aromatic heterocycles. The monoisotopic (exact) mass is 595 g/mol. The topological polar surface area (TPSA) is 81.7 Å². The summed E-state index contributed by atoms with van der Waals surface area (Å²) >= 11 is 0. The molecule has 0 aliphatic carbocycles. The highest BCUT2D eigenvalue weighted by Gasteiger charge is 2.31. The van der Waals surface area contributed by atoms with Gasteiger partial charge in [-0.2, -0.15) is 13.2 Å². The molecule has 1 aliphatic heterocycles. The van der Waals surface area contributed by atoms with Gasteiger partial charge < -0.3 is 20.6 Å². The Bertz CT molecular complexity index is 1360. The van der Waals surface area contributed by atoms with Crippen LogP contribution in [0.3, 0.4) is 0 Å². The normalized spacial score (nSPS) is 16.7. The van der Waals surface area contributed by atoms with E-state index in [0.29, 0.717) is 35.6 Å². The van der Waals surface area contributed by atoms with Crippen molar-refractivity contribution in [2.45, 2.75) is 70.4 Å². The van der Waals surface area contributed by atoms with Crippen molar-refractivity contribution >= 4 is 11.8 Å². The highest BCUT2D eigenvalue weighted by Crippen LogP contribution is 2.29. The van der Waals surface area contributed by atoms with E-state index in [-0.39, 0.29) is 25.0 Å². The molecule has 2 amide bonds. The number of rotatable bonds is 12. The number of halogens is 3. The standard InChI is InChI=1S/C34H40F3N3O3/c1-23(2)17-29-15-8-16-40(29)33(43)27-13-7-12-26(20-27)32(42)39-30(19-24-9-4-3-5-10-24)31(41)22-38-21-25-11-6-14-28(18-25)34(35,36)37/h3-7,9-14,18,20,23,29-31,38,41H,8,15-17,19,21-22H2,1-2H3,(H,39,42). The molecule has 230 valence electrons. The number of carbonyl (C=O) groups excluding carboxylic acids is 2. The van der Waals surface area contributed by atoms with E-state index in [4.69, 9.17) is 0 Å². The number of carbonyl (C=O) groups is 2. The molecule has 1 fully saturated rings. The van der Waals surface area contributed by atoms with Crippen molar-refractivity contribution < 1.29 is 27.9 Å². The Morgan fingerprint density at radius 2 is 1.65 bits per heavy atom. The maximum absolute atomic E-state index is 13.4. The fourth-order valence-electron chi connectivity index (χ4n) is 5.62. The first kappa shape index (κ1) is 32.2. The minimum Gasteiger partial charge on any atom is -0.390 e. The summed E-state index contributed by atoms with van der Waals surface area (Å²) in [7, 11) is 0.